The van der Waals surface area contributed by atoms with E-state index in [-0.39, 0.29) is 0 Å². The molecule has 0 radical (unpaired) electrons. The summed E-state index contributed by atoms with van der Waals surface area (Å²) in [5.74, 6) is -4.00. The average Bonchev–Trinajstić information content (AvgIpc) is 2.48. The third kappa shape index (κ3) is 1.95. The summed E-state index contributed by atoms with van der Waals surface area (Å²) in [6, 6.07) is 0. The highest BCUT2D eigenvalue weighted by molar-refractivity contribution is 5.98. The van der Waals surface area contributed by atoms with Crippen molar-refractivity contribution in [3.63, 3.8) is 0 Å². The van der Waals surface area contributed by atoms with Crippen molar-refractivity contribution in [1.82, 2.24) is 0 Å². The molecule has 0 aliphatic heterocycles. The predicted molar refractivity (Wildman–Crippen MR) is 77.3 cm³/mol. The van der Waals surface area contributed by atoms with Gasteiger partial charge in [0.2, 0.25) is 0 Å². The first-order valence-corrected chi connectivity index (χ1v) is 7.59. The van der Waals surface area contributed by atoms with Gasteiger partial charge in [-0.05, 0) is 53.4 Å². The Balaban J connectivity index is 2.17. The van der Waals surface area contributed by atoms with E-state index in [0.29, 0.717) is 25.7 Å². The highest BCUT2D eigenvalue weighted by Gasteiger charge is 2.66. The van der Waals surface area contributed by atoms with Crippen LogP contribution in [0.2, 0.25) is 0 Å². The van der Waals surface area contributed by atoms with Gasteiger partial charge in [0.25, 0.3) is 0 Å². The van der Waals surface area contributed by atoms with Gasteiger partial charge in [-0.3, -0.25) is 19.2 Å². The van der Waals surface area contributed by atoms with Gasteiger partial charge >= 0.3 is 23.9 Å². The van der Waals surface area contributed by atoms with Crippen molar-refractivity contribution < 1.29 is 34.1 Å². The molecule has 4 atom stereocenters. The van der Waals surface area contributed by atoms with Crippen molar-refractivity contribution >= 4 is 23.9 Å². The van der Waals surface area contributed by atoms with Gasteiger partial charge in [-0.2, -0.15) is 0 Å². The van der Waals surface area contributed by atoms with Crippen LogP contribution in [0.3, 0.4) is 0 Å². The van der Waals surface area contributed by atoms with Crippen LogP contribution >= 0.6 is 0 Å². The lowest BCUT2D eigenvalue weighted by molar-refractivity contribution is -0.206. The van der Waals surface area contributed by atoms with Crippen molar-refractivity contribution in [2.24, 2.45) is 21.7 Å². The van der Waals surface area contributed by atoms with Crippen LogP contribution in [0.4, 0.5) is 0 Å². The van der Waals surface area contributed by atoms with E-state index >= 15 is 0 Å². The smallest absolute Gasteiger partial charge is 0.320 e. The number of carbonyl (C=O) groups excluding carboxylic acids is 2. The molecule has 0 bridgehead atoms. The molecule has 2 saturated carbocycles. The fourth-order valence-electron chi connectivity index (χ4n) is 3.40. The topological polar surface area (TPSA) is 118 Å². The average molecular weight is 326 g/mol. The second-order valence-electron chi connectivity index (χ2n) is 7.62. The first kappa shape index (κ1) is 17.4. The maximum atomic E-state index is 12.4. The lowest BCUT2D eigenvalue weighted by Gasteiger charge is -2.52. The largest absolute Gasteiger partial charge is 0.481 e. The number of carboxylic acids is 2. The third-order valence-electron chi connectivity index (χ3n) is 6.72. The molecule has 2 N–H and O–H groups in total. The standard InChI is InChI=1S/C16H22O7/c1-13(9(17)18)5-7-15(13,3)11(21)23-12(22)16(4)8-6-14(16,2)10(19)20/h5-8H2,1-4H3,(H,17,18)(H,19,20). The zero-order valence-electron chi connectivity index (χ0n) is 13.8. The molecule has 23 heavy (non-hydrogen) atoms. The number of aliphatic carboxylic acids is 2. The predicted octanol–water partition coefficient (Wildman–Crippen LogP) is 1.84. The summed E-state index contributed by atoms with van der Waals surface area (Å²) in [4.78, 5) is 47.6. The summed E-state index contributed by atoms with van der Waals surface area (Å²) in [6.07, 6.45) is 1.28. The summed E-state index contributed by atoms with van der Waals surface area (Å²) in [5.41, 5.74) is -5.12. The summed E-state index contributed by atoms with van der Waals surface area (Å²) in [7, 11) is 0. The minimum atomic E-state index is -1.28. The van der Waals surface area contributed by atoms with Crippen LogP contribution in [0.5, 0.6) is 0 Å². The maximum Gasteiger partial charge on any atom is 0.320 e. The van der Waals surface area contributed by atoms with Crippen LogP contribution in [-0.2, 0) is 23.9 Å². The van der Waals surface area contributed by atoms with Crippen LogP contribution in [0.15, 0.2) is 0 Å². The summed E-state index contributed by atoms with van der Waals surface area (Å²) >= 11 is 0. The number of carboxylic acid groups (broad SMARTS) is 2. The van der Waals surface area contributed by atoms with Gasteiger partial charge in [0.05, 0.1) is 21.7 Å². The molecule has 0 saturated heterocycles. The summed E-state index contributed by atoms with van der Waals surface area (Å²) in [6.45, 7) is 5.85. The van der Waals surface area contributed by atoms with Crippen LogP contribution in [0.25, 0.3) is 0 Å². The van der Waals surface area contributed by atoms with Gasteiger partial charge in [0, 0.05) is 0 Å². The van der Waals surface area contributed by atoms with Gasteiger partial charge in [-0.15, -0.1) is 0 Å². The Morgan fingerprint density at radius 2 is 0.913 bits per heavy atom. The van der Waals surface area contributed by atoms with Crippen molar-refractivity contribution in [2.75, 3.05) is 0 Å². The fourth-order valence-corrected chi connectivity index (χ4v) is 3.40. The second kappa shape index (κ2) is 4.79. The zero-order valence-corrected chi connectivity index (χ0v) is 13.8. The monoisotopic (exact) mass is 326 g/mol. The highest BCUT2D eigenvalue weighted by Crippen LogP contribution is 2.60. The molecule has 0 spiro atoms. The van der Waals surface area contributed by atoms with E-state index in [9.17, 15) is 29.4 Å². The van der Waals surface area contributed by atoms with Crippen LogP contribution in [0.1, 0.15) is 53.4 Å². The Morgan fingerprint density at radius 3 is 1.09 bits per heavy atom. The molecule has 2 fully saturated rings. The minimum absolute atomic E-state index is 0.314. The molecule has 2 rings (SSSR count). The Morgan fingerprint density at radius 1 is 0.652 bits per heavy atom. The summed E-state index contributed by atoms with van der Waals surface area (Å²) < 4.78 is 4.95. The van der Waals surface area contributed by atoms with Crippen LogP contribution in [0, 0.1) is 21.7 Å². The molecular weight excluding hydrogens is 304 g/mol. The Kier molecular flexibility index (Phi) is 3.63. The maximum absolute atomic E-state index is 12.4. The van der Waals surface area contributed by atoms with E-state index < -0.39 is 45.5 Å². The van der Waals surface area contributed by atoms with Crippen LogP contribution in [-0.4, -0.2) is 34.1 Å². The quantitative estimate of drug-likeness (QED) is 0.597. The van der Waals surface area contributed by atoms with E-state index in [1.165, 1.54) is 27.7 Å². The van der Waals surface area contributed by atoms with Gasteiger partial charge < -0.3 is 14.9 Å². The lowest BCUT2D eigenvalue weighted by Crippen LogP contribution is -2.61. The molecule has 0 aromatic rings. The first-order valence-electron chi connectivity index (χ1n) is 7.59. The molecule has 0 amide bonds. The molecule has 128 valence electrons. The fraction of sp³-hybridized carbons (Fsp3) is 0.750. The molecular formula is C16H22O7. The van der Waals surface area contributed by atoms with Crippen molar-refractivity contribution in [3.05, 3.63) is 0 Å². The molecule has 4 unspecified atom stereocenters. The number of hydrogen-bond donors (Lipinski definition) is 2. The Hall–Kier alpha value is -1.92. The van der Waals surface area contributed by atoms with E-state index in [1.54, 1.807) is 0 Å². The van der Waals surface area contributed by atoms with Gasteiger partial charge in [-0.1, -0.05) is 0 Å². The molecule has 0 aromatic carbocycles. The molecule has 0 aromatic heterocycles. The molecule has 7 nitrogen and oxygen atoms in total. The normalized spacial score (nSPS) is 42.1. The van der Waals surface area contributed by atoms with Gasteiger partial charge in [0.1, 0.15) is 0 Å². The molecule has 2 aliphatic carbocycles. The van der Waals surface area contributed by atoms with E-state index in [0.717, 1.165) is 0 Å². The minimum Gasteiger partial charge on any atom is -0.481 e. The Labute approximate surface area is 134 Å². The van der Waals surface area contributed by atoms with E-state index in [1.807, 2.05) is 0 Å². The number of ether oxygens (including phenoxy) is 1. The number of esters is 2. The van der Waals surface area contributed by atoms with Gasteiger partial charge in [0.15, 0.2) is 0 Å². The zero-order chi connectivity index (χ0) is 17.8. The Bertz CT molecular complexity index is 560. The third-order valence-corrected chi connectivity index (χ3v) is 6.72. The highest BCUT2D eigenvalue weighted by atomic mass is 16.6. The summed E-state index contributed by atoms with van der Waals surface area (Å²) in [5, 5.41) is 18.6. The number of rotatable bonds is 4. The van der Waals surface area contributed by atoms with Crippen molar-refractivity contribution in [1.29, 1.82) is 0 Å². The number of carbonyl (C=O) groups is 4. The SMILES string of the molecule is CC1(C(=O)O)CCC1(C)C(=O)OC(=O)C1(C)CCC1(C)C(=O)O. The molecule has 2 aliphatic rings. The first-order chi connectivity index (χ1) is 10.3. The van der Waals surface area contributed by atoms with Gasteiger partial charge in [-0.25, -0.2) is 0 Å². The van der Waals surface area contributed by atoms with Crippen LogP contribution < -0.4 is 0 Å². The van der Waals surface area contributed by atoms with E-state index in [4.69, 9.17) is 4.74 Å². The van der Waals surface area contributed by atoms with E-state index in [2.05, 4.69) is 0 Å². The molecule has 7 heteroatoms. The molecule has 0 heterocycles. The lowest BCUT2D eigenvalue weighted by atomic mass is 9.50. The second-order valence-corrected chi connectivity index (χ2v) is 7.62. The van der Waals surface area contributed by atoms with Crippen molar-refractivity contribution in [3.8, 4) is 0 Å². The number of hydrogen-bond acceptors (Lipinski definition) is 5. The van der Waals surface area contributed by atoms with Crippen molar-refractivity contribution in [2.45, 2.75) is 53.4 Å².